The first kappa shape index (κ1) is 15.6. The molecule has 0 saturated heterocycles. The molecule has 0 aliphatic carbocycles. The van der Waals surface area contributed by atoms with E-state index in [9.17, 15) is 9.59 Å². The summed E-state index contributed by atoms with van der Waals surface area (Å²) in [7, 11) is 1.78. The molecule has 0 aliphatic heterocycles. The predicted molar refractivity (Wildman–Crippen MR) is 77.4 cm³/mol. The van der Waals surface area contributed by atoms with E-state index in [4.69, 9.17) is 0 Å². The van der Waals surface area contributed by atoms with Crippen LogP contribution in [0.25, 0.3) is 0 Å². The van der Waals surface area contributed by atoms with Gasteiger partial charge >= 0.3 is 0 Å². The molecular weight excluding hydrogens is 262 g/mol. The zero-order valence-electron chi connectivity index (χ0n) is 12.1. The van der Waals surface area contributed by atoms with Gasteiger partial charge in [-0.2, -0.15) is 0 Å². The molecule has 1 aromatic heterocycles. The Balaban J connectivity index is 2.71. The zero-order valence-corrected chi connectivity index (χ0v) is 12.9. The van der Waals surface area contributed by atoms with E-state index in [1.165, 1.54) is 18.3 Å². The SMILES string of the molecule is CC(=O)Nc1nc(C(=O)N(C)C(C)CC(C)C)cs1. The van der Waals surface area contributed by atoms with E-state index in [0.29, 0.717) is 16.7 Å². The van der Waals surface area contributed by atoms with Crippen molar-refractivity contribution in [1.29, 1.82) is 0 Å². The van der Waals surface area contributed by atoms with Crippen LogP contribution in [-0.4, -0.2) is 34.8 Å². The van der Waals surface area contributed by atoms with Gasteiger partial charge in [0.15, 0.2) is 5.13 Å². The quantitative estimate of drug-likeness (QED) is 0.903. The number of carbonyl (C=O) groups excluding carboxylic acids is 2. The van der Waals surface area contributed by atoms with Crippen LogP contribution in [0.5, 0.6) is 0 Å². The Hall–Kier alpha value is -1.43. The molecular formula is C13H21N3O2S. The second-order valence-corrected chi connectivity index (χ2v) is 5.97. The molecule has 0 saturated carbocycles. The van der Waals surface area contributed by atoms with E-state index in [2.05, 4.69) is 24.1 Å². The number of anilines is 1. The molecule has 5 nitrogen and oxygen atoms in total. The van der Waals surface area contributed by atoms with Crippen LogP contribution in [-0.2, 0) is 4.79 Å². The molecule has 1 atom stereocenters. The van der Waals surface area contributed by atoms with E-state index in [1.54, 1.807) is 17.3 Å². The standard InChI is InChI=1S/C13H21N3O2S/c1-8(2)6-9(3)16(5)12(18)11-7-19-13(15-11)14-10(4)17/h7-9H,6H2,1-5H3,(H,14,15,17). The molecule has 0 spiro atoms. The van der Waals surface area contributed by atoms with Crippen LogP contribution < -0.4 is 5.32 Å². The Morgan fingerprint density at radius 1 is 1.42 bits per heavy atom. The molecule has 19 heavy (non-hydrogen) atoms. The lowest BCUT2D eigenvalue weighted by Gasteiger charge is -2.25. The molecule has 0 aromatic carbocycles. The van der Waals surface area contributed by atoms with Crippen LogP contribution in [0.2, 0.25) is 0 Å². The summed E-state index contributed by atoms with van der Waals surface area (Å²) in [6, 6.07) is 0.165. The highest BCUT2D eigenvalue weighted by molar-refractivity contribution is 7.14. The van der Waals surface area contributed by atoms with Gasteiger partial charge in [0, 0.05) is 25.4 Å². The monoisotopic (exact) mass is 283 g/mol. The topological polar surface area (TPSA) is 62.3 Å². The number of amides is 2. The van der Waals surface area contributed by atoms with Crippen molar-refractivity contribution >= 4 is 28.3 Å². The maximum absolute atomic E-state index is 12.2. The zero-order chi connectivity index (χ0) is 14.6. The predicted octanol–water partition coefficient (Wildman–Crippen LogP) is 2.61. The highest BCUT2D eigenvalue weighted by Crippen LogP contribution is 2.18. The third kappa shape index (κ3) is 4.63. The summed E-state index contributed by atoms with van der Waals surface area (Å²) in [4.78, 5) is 29.0. The summed E-state index contributed by atoms with van der Waals surface area (Å²) in [6.07, 6.45) is 0.949. The van der Waals surface area contributed by atoms with Gasteiger partial charge in [-0.3, -0.25) is 9.59 Å². The number of hydrogen-bond acceptors (Lipinski definition) is 4. The Labute approximate surface area is 118 Å². The minimum Gasteiger partial charge on any atom is -0.338 e. The molecule has 0 bridgehead atoms. The van der Waals surface area contributed by atoms with Gasteiger partial charge in [-0.15, -0.1) is 11.3 Å². The van der Waals surface area contributed by atoms with Gasteiger partial charge in [-0.1, -0.05) is 13.8 Å². The largest absolute Gasteiger partial charge is 0.338 e. The van der Waals surface area contributed by atoms with Crippen molar-refractivity contribution in [2.45, 2.75) is 40.2 Å². The number of nitrogens with one attached hydrogen (secondary N) is 1. The van der Waals surface area contributed by atoms with Crippen LogP contribution >= 0.6 is 11.3 Å². The van der Waals surface area contributed by atoms with E-state index < -0.39 is 0 Å². The number of thiazole rings is 1. The Bertz CT molecular complexity index is 456. The fraction of sp³-hybridized carbons (Fsp3) is 0.615. The van der Waals surface area contributed by atoms with Crippen LogP contribution in [0.15, 0.2) is 5.38 Å². The maximum atomic E-state index is 12.2. The van der Waals surface area contributed by atoms with Gasteiger partial charge in [0.1, 0.15) is 5.69 Å². The minimum absolute atomic E-state index is 0.110. The minimum atomic E-state index is -0.185. The summed E-state index contributed by atoms with van der Waals surface area (Å²) in [5.74, 6) is 0.242. The van der Waals surface area contributed by atoms with Crippen molar-refractivity contribution < 1.29 is 9.59 Å². The first-order chi connectivity index (χ1) is 8.81. The first-order valence-corrected chi connectivity index (χ1v) is 7.19. The molecule has 6 heteroatoms. The summed E-state index contributed by atoms with van der Waals surface area (Å²) < 4.78 is 0. The van der Waals surface area contributed by atoms with E-state index in [1.807, 2.05) is 6.92 Å². The molecule has 0 fully saturated rings. The first-order valence-electron chi connectivity index (χ1n) is 6.31. The fourth-order valence-corrected chi connectivity index (χ4v) is 2.53. The number of carbonyl (C=O) groups is 2. The van der Waals surface area contributed by atoms with Crippen molar-refractivity contribution in [2.24, 2.45) is 5.92 Å². The lowest BCUT2D eigenvalue weighted by atomic mass is 10.0. The molecule has 106 valence electrons. The van der Waals surface area contributed by atoms with Crippen molar-refractivity contribution in [3.05, 3.63) is 11.1 Å². The summed E-state index contributed by atoms with van der Waals surface area (Å²) in [6.45, 7) is 7.71. The summed E-state index contributed by atoms with van der Waals surface area (Å²) in [5.41, 5.74) is 0.381. The second-order valence-electron chi connectivity index (χ2n) is 5.11. The highest BCUT2D eigenvalue weighted by Gasteiger charge is 2.20. The average Bonchev–Trinajstić information content (AvgIpc) is 2.73. The van der Waals surface area contributed by atoms with Crippen molar-refractivity contribution in [3.8, 4) is 0 Å². The number of aromatic nitrogens is 1. The molecule has 1 unspecified atom stereocenters. The van der Waals surface area contributed by atoms with E-state index in [0.717, 1.165) is 6.42 Å². The van der Waals surface area contributed by atoms with Crippen molar-refractivity contribution in [1.82, 2.24) is 9.88 Å². The van der Waals surface area contributed by atoms with Gasteiger partial charge in [0.25, 0.3) is 5.91 Å². The van der Waals surface area contributed by atoms with Gasteiger partial charge in [0.05, 0.1) is 0 Å². The average molecular weight is 283 g/mol. The van der Waals surface area contributed by atoms with Gasteiger partial charge < -0.3 is 10.2 Å². The Kier molecular flexibility index (Phi) is 5.47. The van der Waals surface area contributed by atoms with E-state index in [-0.39, 0.29) is 17.9 Å². The van der Waals surface area contributed by atoms with Crippen LogP contribution in [0.1, 0.15) is 44.6 Å². The highest BCUT2D eigenvalue weighted by atomic mass is 32.1. The fourth-order valence-electron chi connectivity index (χ4n) is 1.80. The smallest absolute Gasteiger partial charge is 0.273 e. The maximum Gasteiger partial charge on any atom is 0.273 e. The van der Waals surface area contributed by atoms with Crippen molar-refractivity contribution in [2.75, 3.05) is 12.4 Å². The van der Waals surface area contributed by atoms with Crippen molar-refractivity contribution in [3.63, 3.8) is 0 Å². The number of nitrogens with zero attached hydrogens (tertiary/aromatic N) is 2. The normalized spacial score (nSPS) is 12.3. The molecule has 1 heterocycles. The molecule has 0 aliphatic rings. The lowest BCUT2D eigenvalue weighted by molar-refractivity contribution is -0.114. The van der Waals surface area contributed by atoms with Crippen LogP contribution in [0, 0.1) is 5.92 Å². The number of rotatable bonds is 5. The third-order valence-corrected chi connectivity index (χ3v) is 3.56. The Morgan fingerprint density at radius 3 is 2.58 bits per heavy atom. The van der Waals surface area contributed by atoms with Crippen LogP contribution in [0.4, 0.5) is 5.13 Å². The molecule has 1 rings (SSSR count). The molecule has 2 amide bonds. The molecule has 0 radical (unpaired) electrons. The summed E-state index contributed by atoms with van der Waals surface area (Å²) in [5, 5.41) is 4.71. The molecule has 1 aromatic rings. The second kappa shape index (κ2) is 6.65. The third-order valence-electron chi connectivity index (χ3n) is 2.80. The van der Waals surface area contributed by atoms with Gasteiger partial charge in [0.2, 0.25) is 5.91 Å². The molecule has 1 N–H and O–H groups in total. The van der Waals surface area contributed by atoms with Gasteiger partial charge in [-0.05, 0) is 19.3 Å². The van der Waals surface area contributed by atoms with Gasteiger partial charge in [-0.25, -0.2) is 4.98 Å². The van der Waals surface area contributed by atoms with Crippen LogP contribution in [0.3, 0.4) is 0 Å². The van der Waals surface area contributed by atoms with E-state index >= 15 is 0 Å². The lowest BCUT2D eigenvalue weighted by Crippen LogP contribution is -2.36. The summed E-state index contributed by atoms with van der Waals surface area (Å²) >= 11 is 1.26. The Morgan fingerprint density at radius 2 is 2.05 bits per heavy atom. The number of hydrogen-bond donors (Lipinski definition) is 1.